The molecule has 0 spiro atoms. The molecule has 0 saturated heterocycles. The second-order valence-corrected chi connectivity index (χ2v) is 3.42. The minimum Gasteiger partial charge on any atom is -0.300 e. The van der Waals surface area contributed by atoms with Crippen molar-refractivity contribution in [3.8, 4) is 0 Å². The fourth-order valence-electron chi connectivity index (χ4n) is 1.12. The quantitative estimate of drug-likeness (QED) is 0.734. The molecule has 1 N–H and O–H groups in total. The minimum absolute atomic E-state index is 0.339. The van der Waals surface area contributed by atoms with Crippen LogP contribution in [0.1, 0.15) is 22.8 Å². The molecule has 1 rings (SSSR count). The van der Waals surface area contributed by atoms with Gasteiger partial charge in [0.25, 0.3) is 5.12 Å². The van der Waals surface area contributed by atoms with Crippen molar-refractivity contribution in [2.75, 3.05) is 0 Å². The Morgan fingerprint density at radius 3 is 2.62 bits per heavy atom. The van der Waals surface area contributed by atoms with Crippen LogP contribution in [-0.2, 0) is 17.5 Å². The van der Waals surface area contributed by atoms with Crippen LogP contribution < -0.4 is 0 Å². The summed E-state index contributed by atoms with van der Waals surface area (Å²) in [5.41, 5.74) is 1.14. The lowest BCUT2D eigenvalue weighted by atomic mass is 10.1. The highest BCUT2D eigenvalue weighted by Gasteiger charge is 2.14. The highest BCUT2D eigenvalue weighted by atomic mass is 32.2. The van der Waals surface area contributed by atoms with Crippen LogP contribution in [0, 0.1) is 0 Å². The zero-order valence-corrected chi connectivity index (χ0v) is 8.00. The van der Waals surface area contributed by atoms with E-state index < -0.39 is 16.2 Å². The Morgan fingerprint density at radius 2 is 2.08 bits per heavy atom. The molecule has 1 aromatic rings. The smallest absolute Gasteiger partial charge is 0.276 e. The van der Waals surface area contributed by atoms with Crippen molar-refractivity contribution in [3.05, 3.63) is 35.4 Å². The molecule has 0 radical (unpaired) electrons. The summed E-state index contributed by atoms with van der Waals surface area (Å²) in [7, 11) is 0. The molecule has 0 saturated carbocycles. The number of rotatable bonds is 2. The molecular formula is C9H10O3S. The highest BCUT2D eigenvalue weighted by Crippen LogP contribution is 2.11. The van der Waals surface area contributed by atoms with Crippen molar-refractivity contribution in [1.82, 2.24) is 0 Å². The Labute approximate surface area is 79.1 Å². The average Bonchev–Trinajstić information content (AvgIpc) is 2.16. The number of benzene rings is 1. The fraction of sp³-hybridized carbons (Fsp3) is 0.222. The van der Waals surface area contributed by atoms with E-state index in [2.05, 4.69) is 0 Å². The zero-order chi connectivity index (χ0) is 9.84. The Balaban J connectivity index is 3.13. The number of carbonyl (C=O) groups is 1. The van der Waals surface area contributed by atoms with Gasteiger partial charge in [0.15, 0.2) is 0 Å². The lowest BCUT2D eigenvalue weighted by Crippen LogP contribution is -2.08. The van der Waals surface area contributed by atoms with E-state index in [4.69, 9.17) is 4.55 Å². The summed E-state index contributed by atoms with van der Waals surface area (Å²) < 4.78 is 19.1. The first-order chi connectivity index (χ1) is 6.16. The van der Waals surface area contributed by atoms with E-state index in [-0.39, 0.29) is 0 Å². The van der Waals surface area contributed by atoms with E-state index in [1.54, 1.807) is 24.3 Å². The van der Waals surface area contributed by atoms with Crippen LogP contribution in [0.15, 0.2) is 24.3 Å². The second kappa shape index (κ2) is 4.30. The molecule has 0 heterocycles. The summed E-state index contributed by atoms with van der Waals surface area (Å²) >= 11 is -2.41. The van der Waals surface area contributed by atoms with Crippen LogP contribution in [0.5, 0.6) is 0 Å². The predicted octanol–water partition coefficient (Wildman–Crippen LogP) is 1.61. The van der Waals surface area contributed by atoms with Gasteiger partial charge in [-0.25, -0.2) is 4.21 Å². The van der Waals surface area contributed by atoms with Crippen LogP contribution in [0.2, 0.25) is 0 Å². The van der Waals surface area contributed by atoms with Gasteiger partial charge in [-0.1, -0.05) is 31.2 Å². The van der Waals surface area contributed by atoms with E-state index in [1.807, 2.05) is 6.92 Å². The standard InChI is InChI=1S/C9H10O3S/c1-2-7-5-3-4-6-8(7)9(10)13(11)12/h3-6H,2H2,1H3,(H,11,12). The van der Waals surface area contributed by atoms with Crippen molar-refractivity contribution < 1.29 is 13.6 Å². The summed E-state index contributed by atoms with van der Waals surface area (Å²) in [5, 5.41) is -0.725. The third-order valence-electron chi connectivity index (χ3n) is 1.78. The van der Waals surface area contributed by atoms with Crippen molar-refractivity contribution in [2.45, 2.75) is 13.3 Å². The van der Waals surface area contributed by atoms with Gasteiger partial charge in [-0.2, -0.15) is 0 Å². The average molecular weight is 198 g/mol. The molecule has 4 heteroatoms. The Morgan fingerprint density at radius 1 is 1.46 bits per heavy atom. The van der Waals surface area contributed by atoms with E-state index in [0.29, 0.717) is 12.0 Å². The minimum atomic E-state index is -2.41. The topological polar surface area (TPSA) is 54.4 Å². The maximum absolute atomic E-state index is 11.2. The van der Waals surface area contributed by atoms with Crippen LogP contribution in [-0.4, -0.2) is 13.9 Å². The second-order valence-electron chi connectivity index (χ2n) is 2.55. The SMILES string of the molecule is CCc1ccccc1C(=O)S(=O)O. The number of carbonyl (C=O) groups excluding carboxylic acids is 1. The van der Waals surface area contributed by atoms with Gasteiger partial charge < -0.3 is 0 Å². The van der Waals surface area contributed by atoms with Gasteiger partial charge in [0.05, 0.1) is 0 Å². The van der Waals surface area contributed by atoms with Gasteiger partial charge in [-0.15, -0.1) is 0 Å². The molecule has 3 nitrogen and oxygen atoms in total. The van der Waals surface area contributed by atoms with Crippen molar-refractivity contribution in [3.63, 3.8) is 0 Å². The van der Waals surface area contributed by atoms with Gasteiger partial charge in [-0.05, 0) is 12.0 Å². The molecule has 70 valence electrons. The first-order valence-electron chi connectivity index (χ1n) is 3.90. The molecule has 0 amide bonds. The van der Waals surface area contributed by atoms with Crippen LogP contribution in [0.4, 0.5) is 0 Å². The van der Waals surface area contributed by atoms with Crippen molar-refractivity contribution in [2.24, 2.45) is 0 Å². The predicted molar refractivity (Wildman–Crippen MR) is 50.9 cm³/mol. The summed E-state index contributed by atoms with van der Waals surface area (Å²) in [6.07, 6.45) is 0.680. The lowest BCUT2D eigenvalue weighted by molar-refractivity contribution is 0.107. The van der Waals surface area contributed by atoms with Gasteiger partial charge in [0, 0.05) is 5.56 Å². The molecule has 0 bridgehead atoms. The summed E-state index contributed by atoms with van der Waals surface area (Å²) in [6.45, 7) is 1.90. The Bertz CT molecular complexity index is 346. The third-order valence-corrected chi connectivity index (χ3v) is 2.31. The molecule has 0 aliphatic heterocycles. The van der Waals surface area contributed by atoms with E-state index in [1.165, 1.54) is 0 Å². The first kappa shape index (κ1) is 10.1. The van der Waals surface area contributed by atoms with Gasteiger partial charge in [0.2, 0.25) is 11.1 Å². The van der Waals surface area contributed by atoms with Gasteiger partial charge in [-0.3, -0.25) is 9.35 Å². The molecule has 0 aliphatic rings. The molecule has 1 unspecified atom stereocenters. The lowest BCUT2D eigenvalue weighted by Gasteiger charge is -2.02. The maximum atomic E-state index is 11.2. The summed E-state index contributed by atoms with van der Waals surface area (Å²) in [6, 6.07) is 6.82. The van der Waals surface area contributed by atoms with Crippen molar-refractivity contribution >= 4 is 16.2 Å². The normalized spacial score (nSPS) is 12.5. The summed E-state index contributed by atoms with van der Waals surface area (Å²) in [5.74, 6) is 0. The van der Waals surface area contributed by atoms with E-state index >= 15 is 0 Å². The van der Waals surface area contributed by atoms with E-state index in [9.17, 15) is 9.00 Å². The first-order valence-corrected chi connectivity index (χ1v) is 5.00. The van der Waals surface area contributed by atoms with Crippen LogP contribution in [0.3, 0.4) is 0 Å². The third kappa shape index (κ3) is 2.23. The maximum Gasteiger partial charge on any atom is 0.276 e. The van der Waals surface area contributed by atoms with Gasteiger partial charge >= 0.3 is 0 Å². The molecule has 13 heavy (non-hydrogen) atoms. The number of hydrogen-bond acceptors (Lipinski definition) is 2. The molecule has 0 aromatic heterocycles. The zero-order valence-electron chi connectivity index (χ0n) is 7.19. The monoisotopic (exact) mass is 198 g/mol. The summed E-state index contributed by atoms with van der Waals surface area (Å²) in [4.78, 5) is 11.2. The number of aryl methyl sites for hydroxylation is 1. The van der Waals surface area contributed by atoms with Gasteiger partial charge in [0.1, 0.15) is 0 Å². The number of hydrogen-bond donors (Lipinski definition) is 1. The van der Waals surface area contributed by atoms with Crippen molar-refractivity contribution in [1.29, 1.82) is 0 Å². The molecule has 0 aliphatic carbocycles. The van der Waals surface area contributed by atoms with E-state index in [0.717, 1.165) is 5.56 Å². The van der Waals surface area contributed by atoms with Crippen LogP contribution >= 0.6 is 0 Å². The molecular weight excluding hydrogens is 188 g/mol. The molecule has 1 aromatic carbocycles. The van der Waals surface area contributed by atoms with Crippen LogP contribution in [0.25, 0.3) is 0 Å². The Kier molecular flexibility index (Phi) is 3.33. The molecule has 0 fully saturated rings. The Hall–Kier alpha value is -1.00. The largest absolute Gasteiger partial charge is 0.300 e. The fourth-order valence-corrected chi connectivity index (χ4v) is 1.51. The molecule has 1 atom stereocenters. The highest BCUT2D eigenvalue weighted by molar-refractivity contribution is 7.95.